The Kier molecular flexibility index (Phi) is 8.94. The second-order valence-corrected chi connectivity index (χ2v) is 3.79. The van der Waals surface area contributed by atoms with E-state index in [-0.39, 0.29) is 13.2 Å². The average Bonchev–Trinajstić information content (AvgIpc) is 2.14. The molecule has 0 aliphatic carbocycles. The van der Waals surface area contributed by atoms with E-state index in [0.29, 0.717) is 6.61 Å². The maximum atomic E-state index is 11.6. The van der Waals surface area contributed by atoms with Gasteiger partial charge in [0, 0.05) is 11.5 Å². The van der Waals surface area contributed by atoms with Crippen LogP contribution in [0.1, 0.15) is 0 Å². The monoisotopic (exact) mass is 244 g/mol. The van der Waals surface area contributed by atoms with E-state index in [1.807, 2.05) is 0 Å². The molecule has 90 valence electrons. The molecule has 0 saturated heterocycles. The van der Waals surface area contributed by atoms with E-state index >= 15 is 0 Å². The second kappa shape index (κ2) is 9.06. The van der Waals surface area contributed by atoms with Crippen molar-refractivity contribution in [1.82, 2.24) is 0 Å². The van der Waals surface area contributed by atoms with Crippen LogP contribution in [0.25, 0.3) is 0 Å². The summed E-state index contributed by atoms with van der Waals surface area (Å²) in [4.78, 5) is 0. The first-order valence-electron chi connectivity index (χ1n) is 4.47. The molecule has 0 N–H and O–H groups in total. The van der Waals surface area contributed by atoms with Gasteiger partial charge in [0.25, 0.3) is 0 Å². The summed E-state index contributed by atoms with van der Waals surface area (Å²) in [7, 11) is 0. The highest BCUT2D eigenvalue weighted by Crippen LogP contribution is 2.14. The third-order valence-corrected chi connectivity index (χ3v) is 2.17. The molecule has 0 atom stereocenters. The van der Waals surface area contributed by atoms with Crippen molar-refractivity contribution in [2.75, 3.05) is 37.9 Å². The highest BCUT2D eigenvalue weighted by atomic mass is 32.2. The average molecular weight is 244 g/mol. The molecular weight excluding hydrogens is 229 g/mol. The van der Waals surface area contributed by atoms with E-state index in [0.717, 1.165) is 11.5 Å². The lowest BCUT2D eigenvalue weighted by atomic mass is 10.7. The van der Waals surface area contributed by atoms with Crippen molar-refractivity contribution < 1.29 is 22.6 Å². The maximum Gasteiger partial charge on any atom is 0.411 e. The summed E-state index contributed by atoms with van der Waals surface area (Å²) in [5.74, 6) is 1.67. The molecule has 0 bridgehead atoms. The number of halogens is 3. The smallest absolute Gasteiger partial charge is 0.378 e. The van der Waals surface area contributed by atoms with Gasteiger partial charge < -0.3 is 9.47 Å². The molecule has 0 aliphatic heterocycles. The zero-order valence-corrected chi connectivity index (χ0v) is 9.20. The normalized spacial score (nSPS) is 11.7. The summed E-state index contributed by atoms with van der Waals surface area (Å²) >= 11 is 1.66. The third-order valence-electron chi connectivity index (χ3n) is 1.25. The quantitative estimate of drug-likeness (QED) is 0.458. The van der Waals surface area contributed by atoms with Gasteiger partial charge in [-0.05, 0) is 0 Å². The van der Waals surface area contributed by atoms with Crippen LogP contribution in [0, 0.1) is 0 Å². The SMILES string of the molecule is C=CCSCCOCCOCC(F)(F)F. The molecule has 15 heavy (non-hydrogen) atoms. The van der Waals surface area contributed by atoms with Gasteiger partial charge in [-0.3, -0.25) is 0 Å². The maximum absolute atomic E-state index is 11.6. The number of hydrogen-bond acceptors (Lipinski definition) is 3. The Morgan fingerprint density at radius 2 is 1.80 bits per heavy atom. The standard InChI is InChI=1S/C9H15F3O2S/c1-2-6-15-7-5-13-3-4-14-8-9(10,11)12/h2H,1,3-8H2. The Hall–Kier alpha value is -0.200. The summed E-state index contributed by atoms with van der Waals surface area (Å²) in [6, 6.07) is 0. The van der Waals surface area contributed by atoms with Gasteiger partial charge in [-0.1, -0.05) is 6.08 Å². The first-order chi connectivity index (χ1) is 7.06. The molecule has 0 fully saturated rings. The minimum absolute atomic E-state index is 0.0222. The molecule has 0 amide bonds. The molecular formula is C9H15F3O2S. The van der Waals surface area contributed by atoms with Gasteiger partial charge in [-0.15, -0.1) is 6.58 Å². The van der Waals surface area contributed by atoms with Gasteiger partial charge in [0.15, 0.2) is 0 Å². The summed E-state index contributed by atoms with van der Waals surface area (Å²) in [5.41, 5.74) is 0. The molecule has 0 heterocycles. The van der Waals surface area contributed by atoms with Crippen LogP contribution in [0.4, 0.5) is 13.2 Å². The van der Waals surface area contributed by atoms with Gasteiger partial charge in [0.2, 0.25) is 0 Å². The van der Waals surface area contributed by atoms with E-state index in [1.165, 1.54) is 0 Å². The first-order valence-corrected chi connectivity index (χ1v) is 5.62. The molecule has 0 spiro atoms. The van der Waals surface area contributed by atoms with E-state index in [2.05, 4.69) is 11.3 Å². The minimum Gasteiger partial charge on any atom is -0.378 e. The van der Waals surface area contributed by atoms with Crippen LogP contribution in [-0.2, 0) is 9.47 Å². The van der Waals surface area contributed by atoms with Crippen LogP contribution in [-0.4, -0.2) is 44.1 Å². The van der Waals surface area contributed by atoms with E-state index in [4.69, 9.17) is 4.74 Å². The molecule has 0 aromatic heterocycles. The molecule has 0 radical (unpaired) electrons. The number of ether oxygens (including phenoxy) is 2. The fourth-order valence-electron chi connectivity index (χ4n) is 0.692. The second-order valence-electron chi connectivity index (χ2n) is 2.64. The van der Waals surface area contributed by atoms with Crippen LogP contribution in [0.2, 0.25) is 0 Å². The van der Waals surface area contributed by atoms with Gasteiger partial charge >= 0.3 is 6.18 Å². The molecule has 0 aliphatic rings. The highest BCUT2D eigenvalue weighted by molar-refractivity contribution is 7.99. The van der Waals surface area contributed by atoms with Crippen LogP contribution < -0.4 is 0 Å². The molecule has 0 aromatic rings. The van der Waals surface area contributed by atoms with Crippen molar-refractivity contribution in [2.24, 2.45) is 0 Å². The topological polar surface area (TPSA) is 18.5 Å². The van der Waals surface area contributed by atoms with E-state index < -0.39 is 12.8 Å². The van der Waals surface area contributed by atoms with Gasteiger partial charge in [-0.25, -0.2) is 0 Å². The summed E-state index contributed by atoms with van der Waals surface area (Å²) in [6.07, 6.45) is -2.46. The van der Waals surface area contributed by atoms with Crippen molar-refractivity contribution in [3.63, 3.8) is 0 Å². The summed E-state index contributed by atoms with van der Waals surface area (Å²) in [6.45, 7) is 3.05. The van der Waals surface area contributed by atoms with Gasteiger partial charge in [0.1, 0.15) is 6.61 Å². The molecule has 0 unspecified atom stereocenters. The summed E-state index contributed by atoms with van der Waals surface area (Å²) in [5, 5.41) is 0. The van der Waals surface area contributed by atoms with Crippen molar-refractivity contribution in [2.45, 2.75) is 6.18 Å². The van der Waals surface area contributed by atoms with Crippen molar-refractivity contribution in [1.29, 1.82) is 0 Å². The lowest BCUT2D eigenvalue weighted by Gasteiger charge is -2.07. The zero-order valence-electron chi connectivity index (χ0n) is 8.39. The van der Waals surface area contributed by atoms with Gasteiger partial charge in [-0.2, -0.15) is 24.9 Å². The Bertz CT molecular complexity index is 162. The fourth-order valence-corrected chi connectivity index (χ4v) is 1.26. The summed E-state index contributed by atoms with van der Waals surface area (Å²) < 4.78 is 44.2. The third kappa shape index (κ3) is 13.8. The fraction of sp³-hybridized carbons (Fsp3) is 0.778. The highest BCUT2D eigenvalue weighted by Gasteiger charge is 2.27. The number of rotatable bonds is 9. The minimum atomic E-state index is -4.25. The predicted octanol–water partition coefficient (Wildman–Crippen LogP) is 2.50. The molecule has 0 aromatic carbocycles. The lowest BCUT2D eigenvalue weighted by molar-refractivity contribution is -0.176. The Balaban J connectivity index is 3.02. The zero-order chi connectivity index (χ0) is 11.6. The predicted molar refractivity (Wildman–Crippen MR) is 55.2 cm³/mol. The largest absolute Gasteiger partial charge is 0.411 e. The van der Waals surface area contributed by atoms with Crippen LogP contribution in [0.15, 0.2) is 12.7 Å². The Morgan fingerprint density at radius 1 is 1.13 bits per heavy atom. The molecule has 2 nitrogen and oxygen atoms in total. The van der Waals surface area contributed by atoms with Gasteiger partial charge in [0.05, 0.1) is 19.8 Å². The Labute approximate surface area is 91.8 Å². The van der Waals surface area contributed by atoms with E-state index in [1.54, 1.807) is 17.8 Å². The number of thioether (sulfide) groups is 1. The first kappa shape index (κ1) is 14.8. The lowest BCUT2D eigenvalue weighted by Crippen LogP contribution is -2.19. The van der Waals surface area contributed by atoms with Crippen molar-refractivity contribution >= 4 is 11.8 Å². The van der Waals surface area contributed by atoms with Crippen molar-refractivity contribution in [3.8, 4) is 0 Å². The number of alkyl halides is 3. The number of hydrogen-bond donors (Lipinski definition) is 0. The Morgan fingerprint density at radius 3 is 2.40 bits per heavy atom. The van der Waals surface area contributed by atoms with Crippen molar-refractivity contribution in [3.05, 3.63) is 12.7 Å². The molecule has 6 heteroatoms. The van der Waals surface area contributed by atoms with E-state index in [9.17, 15) is 13.2 Å². The van der Waals surface area contributed by atoms with Crippen LogP contribution in [0.5, 0.6) is 0 Å². The molecule has 0 saturated carbocycles. The van der Waals surface area contributed by atoms with Crippen LogP contribution in [0.3, 0.4) is 0 Å². The molecule has 0 rings (SSSR count). The van der Waals surface area contributed by atoms with Crippen LogP contribution >= 0.6 is 11.8 Å².